The Labute approximate surface area is 163 Å². The summed E-state index contributed by atoms with van der Waals surface area (Å²) in [7, 11) is 1.60. The van der Waals surface area contributed by atoms with Crippen molar-refractivity contribution in [2.24, 2.45) is 5.92 Å². The second-order valence-electron chi connectivity index (χ2n) is 7.13. The molecule has 2 aromatic carbocycles. The van der Waals surface area contributed by atoms with Crippen molar-refractivity contribution in [3.8, 4) is 17.2 Å². The number of rotatable bonds is 4. The van der Waals surface area contributed by atoms with Gasteiger partial charge in [0.25, 0.3) is 0 Å². The van der Waals surface area contributed by atoms with Gasteiger partial charge in [-0.25, -0.2) is 0 Å². The average molecular weight is 378 g/mol. The monoisotopic (exact) mass is 378 g/mol. The minimum atomic E-state index is -0.196. The Kier molecular flexibility index (Phi) is 5.15. The van der Waals surface area contributed by atoms with Crippen molar-refractivity contribution in [3.05, 3.63) is 59.4 Å². The van der Waals surface area contributed by atoms with E-state index < -0.39 is 0 Å². The smallest absolute Gasteiger partial charge is 0.314 e. The number of esters is 1. The zero-order chi connectivity index (χ0) is 19.5. The first-order valence-corrected chi connectivity index (χ1v) is 9.58. The van der Waals surface area contributed by atoms with Crippen LogP contribution in [-0.4, -0.2) is 18.9 Å². The fourth-order valence-electron chi connectivity index (χ4n) is 3.62. The first-order chi connectivity index (χ1) is 13.6. The molecule has 5 heteroatoms. The van der Waals surface area contributed by atoms with E-state index in [0.29, 0.717) is 17.1 Å². The lowest BCUT2D eigenvalue weighted by Crippen LogP contribution is -2.22. The van der Waals surface area contributed by atoms with Crippen LogP contribution in [0.4, 0.5) is 0 Å². The van der Waals surface area contributed by atoms with Crippen molar-refractivity contribution in [1.29, 1.82) is 0 Å². The summed E-state index contributed by atoms with van der Waals surface area (Å²) >= 11 is 0. The van der Waals surface area contributed by atoms with Crippen molar-refractivity contribution >= 4 is 17.8 Å². The number of carbonyl (C=O) groups is 2. The number of fused-ring (bicyclic) bond motifs is 1. The summed E-state index contributed by atoms with van der Waals surface area (Å²) in [4.78, 5) is 24.9. The van der Waals surface area contributed by atoms with Gasteiger partial charge in [-0.1, -0.05) is 31.4 Å². The van der Waals surface area contributed by atoms with Crippen molar-refractivity contribution in [1.82, 2.24) is 0 Å². The zero-order valence-corrected chi connectivity index (χ0v) is 15.8. The molecule has 0 amide bonds. The second-order valence-corrected chi connectivity index (χ2v) is 7.13. The maximum Gasteiger partial charge on any atom is 0.314 e. The molecule has 0 atom stereocenters. The van der Waals surface area contributed by atoms with Crippen LogP contribution in [0.3, 0.4) is 0 Å². The van der Waals surface area contributed by atoms with Crippen LogP contribution in [0.2, 0.25) is 0 Å². The van der Waals surface area contributed by atoms with Gasteiger partial charge in [-0.15, -0.1) is 0 Å². The number of methoxy groups -OCH3 is 1. The van der Waals surface area contributed by atoms with Gasteiger partial charge in [-0.05, 0) is 48.7 Å². The summed E-state index contributed by atoms with van der Waals surface area (Å²) in [5, 5.41) is 0. The predicted molar refractivity (Wildman–Crippen MR) is 105 cm³/mol. The lowest BCUT2D eigenvalue weighted by molar-refractivity contribution is -0.139. The highest BCUT2D eigenvalue weighted by atomic mass is 16.5. The zero-order valence-electron chi connectivity index (χ0n) is 15.8. The fourth-order valence-corrected chi connectivity index (χ4v) is 3.62. The molecule has 28 heavy (non-hydrogen) atoms. The largest absolute Gasteiger partial charge is 0.497 e. The Bertz CT molecular complexity index is 921. The summed E-state index contributed by atoms with van der Waals surface area (Å²) in [6.45, 7) is 0. The van der Waals surface area contributed by atoms with Crippen molar-refractivity contribution in [2.45, 2.75) is 32.1 Å². The molecule has 5 nitrogen and oxygen atoms in total. The Morgan fingerprint density at radius 2 is 1.75 bits per heavy atom. The van der Waals surface area contributed by atoms with Gasteiger partial charge in [0.15, 0.2) is 5.76 Å². The van der Waals surface area contributed by atoms with Crippen molar-refractivity contribution in [3.63, 3.8) is 0 Å². The SMILES string of the molecule is COc1ccc(/C=C2\Oc3cc(OC(=O)C4CCCCC4)ccc3C2=O)cc1. The van der Waals surface area contributed by atoms with Gasteiger partial charge in [0.1, 0.15) is 17.2 Å². The Morgan fingerprint density at radius 3 is 2.46 bits per heavy atom. The first kappa shape index (κ1) is 18.3. The van der Waals surface area contributed by atoms with Gasteiger partial charge in [0, 0.05) is 6.07 Å². The van der Waals surface area contributed by atoms with Crippen LogP contribution < -0.4 is 14.2 Å². The Balaban J connectivity index is 1.49. The molecule has 4 rings (SSSR count). The van der Waals surface area contributed by atoms with Crippen molar-refractivity contribution < 1.29 is 23.8 Å². The van der Waals surface area contributed by atoms with Crippen molar-refractivity contribution in [2.75, 3.05) is 7.11 Å². The number of benzene rings is 2. The molecule has 0 unspecified atom stereocenters. The lowest BCUT2D eigenvalue weighted by atomic mass is 9.89. The van der Waals surface area contributed by atoms with E-state index in [1.165, 1.54) is 6.42 Å². The highest BCUT2D eigenvalue weighted by molar-refractivity contribution is 6.14. The standard InChI is InChI=1S/C23H22O5/c1-26-17-9-7-15(8-10-17)13-21-22(24)19-12-11-18(14-20(19)28-21)27-23(25)16-5-3-2-4-6-16/h7-14,16H,2-6H2,1H3/b21-13-. The van der Waals surface area contributed by atoms with E-state index in [-0.39, 0.29) is 23.4 Å². The highest BCUT2D eigenvalue weighted by Crippen LogP contribution is 2.35. The van der Waals surface area contributed by atoms with E-state index in [4.69, 9.17) is 14.2 Å². The average Bonchev–Trinajstić information content (AvgIpc) is 3.04. The molecule has 1 heterocycles. The minimum Gasteiger partial charge on any atom is -0.497 e. The van der Waals surface area contributed by atoms with Gasteiger partial charge < -0.3 is 14.2 Å². The molecule has 0 bridgehead atoms. The fraction of sp³-hybridized carbons (Fsp3) is 0.304. The Hall–Kier alpha value is -3.08. The normalized spacial score (nSPS) is 17.9. The van der Waals surface area contributed by atoms with Crippen LogP contribution in [0, 0.1) is 5.92 Å². The minimum absolute atomic E-state index is 0.0323. The van der Waals surface area contributed by atoms with E-state index >= 15 is 0 Å². The number of ketones is 1. The molecular weight excluding hydrogens is 356 g/mol. The Morgan fingerprint density at radius 1 is 1.04 bits per heavy atom. The maximum absolute atomic E-state index is 12.6. The van der Waals surface area contributed by atoms with Gasteiger partial charge in [-0.3, -0.25) is 9.59 Å². The molecule has 1 fully saturated rings. The summed E-state index contributed by atoms with van der Waals surface area (Å²) in [6, 6.07) is 12.3. The van der Waals surface area contributed by atoms with Crippen LogP contribution in [0.25, 0.3) is 6.08 Å². The molecule has 0 saturated heterocycles. The van der Waals surface area contributed by atoms with Crippen LogP contribution in [0.15, 0.2) is 48.2 Å². The molecule has 1 aliphatic carbocycles. The lowest BCUT2D eigenvalue weighted by Gasteiger charge is -2.19. The molecule has 0 N–H and O–H groups in total. The maximum atomic E-state index is 12.6. The molecule has 0 radical (unpaired) electrons. The number of hydrogen-bond donors (Lipinski definition) is 0. The molecular formula is C23H22O5. The first-order valence-electron chi connectivity index (χ1n) is 9.58. The van der Waals surface area contributed by atoms with Crippen LogP contribution in [0.1, 0.15) is 48.0 Å². The van der Waals surface area contributed by atoms with E-state index in [9.17, 15) is 9.59 Å². The third-order valence-electron chi connectivity index (χ3n) is 5.21. The number of hydrogen-bond acceptors (Lipinski definition) is 5. The summed E-state index contributed by atoms with van der Waals surface area (Å²) < 4.78 is 16.4. The van der Waals surface area contributed by atoms with E-state index in [0.717, 1.165) is 37.0 Å². The van der Waals surface area contributed by atoms with Gasteiger partial charge >= 0.3 is 5.97 Å². The van der Waals surface area contributed by atoms with Crippen LogP contribution >= 0.6 is 0 Å². The van der Waals surface area contributed by atoms with E-state index in [1.807, 2.05) is 24.3 Å². The number of Topliss-reactive ketones (excluding diaryl/α,β-unsaturated/α-hetero) is 1. The van der Waals surface area contributed by atoms with Crippen LogP contribution in [-0.2, 0) is 4.79 Å². The highest BCUT2D eigenvalue weighted by Gasteiger charge is 2.29. The molecule has 0 aromatic heterocycles. The number of carbonyl (C=O) groups excluding carboxylic acids is 2. The molecule has 1 aliphatic heterocycles. The summed E-state index contributed by atoms with van der Waals surface area (Å²) in [5.41, 5.74) is 1.30. The third-order valence-corrected chi connectivity index (χ3v) is 5.21. The molecule has 0 spiro atoms. The molecule has 1 saturated carbocycles. The topological polar surface area (TPSA) is 61.8 Å². The molecule has 144 valence electrons. The summed E-state index contributed by atoms with van der Waals surface area (Å²) in [5.74, 6) is 1.40. The van der Waals surface area contributed by atoms with E-state index in [1.54, 1.807) is 31.4 Å². The van der Waals surface area contributed by atoms with Crippen LogP contribution in [0.5, 0.6) is 17.2 Å². The van der Waals surface area contributed by atoms with Gasteiger partial charge in [0.2, 0.25) is 5.78 Å². The second kappa shape index (κ2) is 7.89. The molecule has 2 aromatic rings. The van der Waals surface area contributed by atoms with Gasteiger partial charge in [0.05, 0.1) is 18.6 Å². The summed E-state index contributed by atoms with van der Waals surface area (Å²) in [6.07, 6.45) is 6.78. The van der Waals surface area contributed by atoms with E-state index in [2.05, 4.69) is 0 Å². The van der Waals surface area contributed by atoms with Gasteiger partial charge in [-0.2, -0.15) is 0 Å². The molecule has 2 aliphatic rings. The number of ether oxygens (including phenoxy) is 3. The predicted octanol–water partition coefficient (Wildman–Crippen LogP) is 4.80. The third kappa shape index (κ3) is 3.79. The quantitative estimate of drug-likeness (QED) is 0.435. The number of allylic oxidation sites excluding steroid dienone is 1.